The second-order valence-electron chi connectivity index (χ2n) is 10.4. The fourth-order valence-corrected chi connectivity index (χ4v) is 5.81. The van der Waals surface area contributed by atoms with Crippen LogP contribution in [0.4, 0.5) is 0 Å². The van der Waals surface area contributed by atoms with Crippen LogP contribution in [0.5, 0.6) is 34.5 Å². The highest BCUT2D eigenvalue weighted by atomic mass is 16.7. The molecule has 0 unspecified atom stereocenters. The van der Waals surface area contributed by atoms with Crippen molar-refractivity contribution in [2.75, 3.05) is 35.2 Å². The van der Waals surface area contributed by atoms with Gasteiger partial charge in [0.2, 0.25) is 18.3 Å². The number of esters is 2. The Hall–Kier alpha value is -4.60. The molecule has 0 radical (unpaired) electrons. The summed E-state index contributed by atoms with van der Waals surface area (Å²) in [4.78, 5) is 26.4. The SMILES string of the molecule is CCC(=O)O[C@H]1c2cc3c(c(OC)c2-c2c(cc(OC)c(OC)c2OC)[C@H](OC(=O)c2ccccc2)[C@@H](C)[C@H]1C)OCO3. The number of rotatable bonds is 8. The van der Waals surface area contributed by atoms with Gasteiger partial charge in [0.15, 0.2) is 23.0 Å². The van der Waals surface area contributed by atoms with E-state index in [1.54, 1.807) is 37.3 Å². The molecule has 10 heteroatoms. The van der Waals surface area contributed by atoms with Crippen molar-refractivity contribution in [2.24, 2.45) is 11.8 Å². The van der Waals surface area contributed by atoms with Gasteiger partial charge in [-0.3, -0.25) is 4.79 Å². The normalized spacial score (nSPS) is 20.1. The average Bonchev–Trinajstić information content (AvgIpc) is 3.51. The van der Waals surface area contributed by atoms with E-state index in [-0.39, 0.29) is 31.0 Å². The smallest absolute Gasteiger partial charge is 0.338 e. The quantitative estimate of drug-likeness (QED) is 0.277. The summed E-state index contributed by atoms with van der Waals surface area (Å²) in [6.07, 6.45) is -1.44. The van der Waals surface area contributed by atoms with Gasteiger partial charge in [-0.2, -0.15) is 0 Å². The molecule has 0 saturated carbocycles. The van der Waals surface area contributed by atoms with Crippen LogP contribution >= 0.6 is 0 Å². The van der Waals surface area contributed by atoms with E-state index in [1.165, 1.54) is 28.4 Å². The Morgan fingerprint density at radius 2 is 1.37 bits per heavy atom. The number of methoxy groups -OCH3 is 4. The molecular weight excluding hydrogens is 556 g/mol. The third-order valence-corrected chi connectivity index (χ3v) is 8.15. The molecule has 0 aromatic heterocycles. The van der Waals surface area contributed by atoms with Crippen LogP contribution < -0.4 is 28.4 Å². The van der Waals surface area contributed by atoms with Crippen molar-refractivity contribution in [1.29, 1.82) is 0 Å². The lowest BCUT2D eigenvalue weighted by molar-refractivity contribution is -0.154. The van der Waals surface area contributed by atoms with Crippen LogP contribution in [0.3, 0.4) is 0 Å². The van der Waals surface area contributed by atoms with Gasteiger partial charge in [0.05, 0.1) is 34.0 Å². The van der Waals surface area contributed by atoms with Gasteiger partial charge in [-0.15, -0.1) is 0 Å². The molecule has 3 aromatic rings. The minimum absolute atomic E-state index is 0.00675. The molecule has 0 spiro atoms. The van der Waals surface area contributed by atoms with Gasteiger partial charge in [-0.25, -0.2) is 4.79 Å². The first-order chi connectivity index (χ1) is 20.8. The summed E-state index contributed by atoms with van der Waals surface area (Å²) < 4.78 is 47.6. The Labute approximate surface area is 250 Å². The van der Waals surface area contributed by atoms with Crippen LogP contribution in [-0.2, 0) is 14.3 Å². The molecular formula is C33H36O10. The molecule has 2 aliphatic rings. The maximum atomic E-state index is 13.6. The van der Waals surface area contributed by atoms with Crippen LogP contribution in [0.15, 0.2) is 42.5 Å². The highest BCUT2D eigenvalue weighted by molar-refractivity contribution is 5.91. The third kappa shape index (κ3) is 5.15. The standard InChI is InChI=1S/C33H36O10/c1-8-24(34)42-27-17(2)18(3)28(43-33(35)19-12-10-9-11-13-19)20-14-22(36-4)29(37-5)31(38-6)25(20)26-21(27)15-23-30(32(26)39-7)41-16-40-23/h9-15,17-18,27-28H,8,16H2,1-7H3/t17-,18+,27-,28-/m1/s1. The lowest BCUT2D eigenvalue weighted by Crippen LogP contribution is -2.31. The van der Waals surface area contributed by atoms with Gasteiger partial charge in [-0.05, 0) is 24.3 Å². The Morgan fingerprint density at radius 1 is 0.767 bits per heavy atom. The van der Waals surface area contributed by atoms with Crippen LogP contribution in [0, 0.1) is 11.8 Å². The van der Waals surface area contributed by atoms with Crippen LogP contribution in [0.25, 0.3) is 11.1 Å². The van der Waals surface area contributed by atoms with E-state index in [9.17, 15) is 9.59 Å². The number of benzene rings is 3. The van der Waals surface area contributed by atoms with Crippen LogP contribution in [-0.4, -0.2) is 47.2 Å². The number of carbonyl (C=O) groups is 2. The number of ether oxygens (including phenoxy) is 8. The van der Waals surface area contributed by atoms with E-state index < -0.39 is 18.2 Å². The predicted octanol–water partition coefficient (Wildman–Crippen LogP) is 6.29. The molecule has 4 atom stereocenters. The van der Waals surface area contributed by atoms with Crippen LogP contribution in [0.1, 0.15) is 60.9 Å². The van der Waals surface area contributed by atoms with Gasteiger partial charge >= 0.3 is 11.9 Å². The Morgan fingerprint density at radius 3 is 1.98 bits per heavy atom. The van der Waals surface area contributed by atoms with E-state index in [4.69, 9.17) is 37.9 Å². The minimum atomic E-state index is -0.836. The third-order valence-electron chi connectivity index (χ3n) is 8.15. The van der Waals surface area contributed by atoms with Gasteiger partial charge < -0.3 is 37.9 Å². The van der Waals surface area contributed by atoms with Crippen molar-refractivity contribution in [3.05, 3.63) is 59.2 Å². The topological polar surface area (TPSA) is 108 Å². The van der Waals surface area contributed by atoms with Crippen molar-refractivity contribution in [2.45, 2.75) is 39.4 Å². The predicted molar refractivity (Wildman–Crippen MR) is 156 cm³/mol. The van der Waals surface area contributed by atoms with Gasteiger partial charge in [0.25, 0.3) is 0 Å². The second kappa shape index (κ2) is 12.3. The number of fused-ring (bicyclic) bond motifs is 4. The van der Waals surface area contributed by atoms with E-state index in [0.29, 0.717) is 62.3 Å². The fourth-order valence-electron chi connectivity index (χ4n) is 5.81. The zero-order valence-electron chi connectivity index (χ0n) is 25.3. The molecule has 0 saturated heterocycles. The summed E-state index contributed by atoms with van der Waals surface area (Å²) >= 11 is 0. The summed E-state index contributed by atoms with van der Waals surface area (Å²) in [6, 6.07) is 12.4. The molecule has 1 aliphatic heterocycles. The van der Waals surface area contributed by atoms with Crippen molar-refractivity contribution >= 4 is 11.9 Å². The maximum Gasteiger partial charge on any atom is 0.338 e. The first-order valence-corrected chi connectivity index (χ1v) is 14.1. The largest absolute Gasteiger partial charge is 0.493 e. The van der Waals surface area contributed by atoms with E-state index in [0.717, 1.165) is 0 Å². The van der Waals surface area contributed by atoms with E-state index in [2.05, 4.69) is 0 Å². The van der Waals surface area contributed by atoms with E-state index >= 15 is 0 Å². The summed E-state index contributed by atoms with van der Waals surface area (Å²) in [5, 5.41) is 0. The molecule has 0 bridgehead atoms. The Bertz CT molecular complexity index is 1520. The van der Waals surface area contributed by atoms with Crippen molar-refractivity contribution in [3.8, 4) is 45.6 Å². The molecule has 228 valence electrons. The molecule has 43 heavy (non-hydrogen) atoms. The van der Waals surface area contributed by atoms with Crippen molar-refractivity contribution < 1.29 is 47.5 Å². The summed E-state index contributed by atoms with van der Waals surface area (Å²) in [6.45, 7) is 5.65. The maximum absolute atomic E-state index is 13.6. The van der Waals surface area contributed by atoms with Gasteiger partial charge in [0, 0.05) is 40.5 Å². The second-order valence-corrected chi connectivity index (χ2v) is 10.4. The van der Waals surface area contributed by atoms with Crippen molar-refractivity contribution in [3.63, 3.8) is 0 Å². The zero-order chi connectivity index (χ0) is 30.8. The van der Waals surface area contributed by atoms with Crippen LogP contribution in [0.2, 0.25) is 0 Å². The van der Waals surface area contributed by atoms with E-state index in [1.807, 2.05) is 26.0 Å². The first kappa shape index (κ1) is 29.9. The Balaban J connectivity index is 1.89. The average molecular weight is 593 g/mol. The zero-order valence-corrected chi connectivity index (χ0v) is 25.3. The molecule has 0 fully saturated rings. The molecule has 1 aliphatic carbocycles. The van der Waals surface area contributed by atoms with Crippen molar-refractivity contribution in [1.82, 2.24) is 0 Å². The number of hydrogen-bond acceptors (Lipinski definition) is 10. The highest BCUT2D eigenvalue weighted by Gasteiger charge is 2.44. The highest BCUT2D eigenvalue weighted by Crippen LogP contribution is 2.60. The number of carbonyl (C=O) groups excluding carboxylic acids is 2. The summed E-state index contributed by atoms with van der Waals surface area (Å²) in [7, 11) is 6.07. The Kier molecular flexibility index (Phi) is 8.57. The summed E-state index contributed by atoms with van der Waals surface area (Å²) in [5.41, 5.74) is 2.67. The lowest BCUT2D eigenvalue weighted by Gasteiger charge is -2.38. The minimum Gasteiger partial charge on any atom is -0.493 e. The fraction of sp³-hybridized carbons (Fsp3) is 0.394. The molecule has 0 amide bonds. The summed E-state index contributed by atoms with van der Waals surface area (Å²) in [5.74, 6) is 0.622. The molecule has 1 heterocycles. The molecule has 0 N–H and O–H groups in total. The number of hydrogen-bond donors (Lipinski definition) is 0. The van der Waals surface area contributed by atoms with Gasteiger partial charge in [0.1, 0.15) is 12.2 Å². The monoisotopic (exact) mass is 592 g/mol. The van der Waals surface area contributed by atoms with Gasteiger partial charge in [-0.1, -0.05) is 39.0 Å². The first-order valence-electron chi connectivity index (χ1n) is 14.1. The molecule has 3 aromatic carbocycles. The lowest BCUT2D eigenvalue weighted by atomic mass is 9.74. The molecule has 10 nitrogen and oxygen atoms in total. The molecule has 5 rings (SSSR count).